The summed E-state index contributed by atoms with van der Waals surface area (Å²) < 4.78 is 11.2. The standard InChI is InChI=1S/C16H23NO2/c1-5-16(2,3)11-17-10-13-9-12-7-6-8-14(18-4)15(12)19-13/h6-9,17H,5,10-11H2,1-4H3. The summed E-state index contributed by atoms with van der Waals surface area (Å²) in [6, 6.07) is 8.02. The molecule has 104 valence electrons. The van der Waals surface area contributed by atoms with Crippen LogP contribution in [0, 0.1) is 5.41 Å². The van der Waals surface area contributed by atoms with Crippen molar-refractivity contribution in [3.8, 4) is 5.75 Å². The summed E-state index contributed by atoms with van der Waals surface area (Å²) in [5.74, 6) is 1.74. The van der Waals surface area contributed by atoms with Crippen molar-refractivity contribution in [3.63, 3.8) is 0 Å². The van der Waals surface area contributed by atoms with E-state index in [1.165, 1.54) is 0 Å². The minimum Gasteiger partial charge on any atom is -0.493 e. The van der Waals surface area contributed by atoms with Gasteiger partial charge in [0.1, 0.15) is 5.76 Å². The fraction of sp³-hybridized carbons (Fsp3) is 0.500. The Kier molecular flexibility index (Phi) is 4.15. The SMILES string of the molecule is CCC(C)(C)CNCc1cc2cccc(OC)c2o1. The number of ether oxygens (including phenoxy) is 1. The minimum atomic E-state index is 0.323. The molecular formula is C16H23NO2. The molecule has 0 amide bonds. The van der Waals surface area contributed by atoms with Crippen molar-refractivity contribution in [2.45, 2.75) is 33.7 Å². The van der Waals surface area contributed by atoms with Crippen LogP contribution in [0.5, 0.6) is 5.75 Å². The van der Waals surface area contributed by atoms with Gasteiger partial charge in [0.15, 0.2) is 11.3 Å². The Morgan fingerprint density at radius 3 is 2.79 bits per heavy atom. The van der Waals surface area contributed by atoms with Gasteiger partial charge in [-0.15, -0.1) is 0 Å². The monoisotopic (exact) mass is 261 g/mol. The van der Waals surface area contributed by atoms with Crippen molar-refractivity contribution in [3.05, 3.63) is 30.0 Å². The van der Waals surface area contributed by atoms with Crippen LogP contribution in [0.4, 0.5) is 0 Å². The molecule has 0 unspecified atom stereocenters. The topological polar surface area (TPSA) is 34.4 Å². The number of furan rings is 1. The second kappa shape index (κ2) is 5.66. The molecule has 1 N–H and O–H groups in total. The van der Waals surface area contributed by atoms with Gasteiger partial charge in [-0.1, -0.05) is 32.9 Å². The van der Waals surface area contributed by atoms with E-state index in [2.05, 4.69) is 32.2 Å². The Balaban J connectivity index is 2.06. The molecule has 0 spiro atoms. The van der Waals surface area contributed by atoms with E-state index < -0.39 is 0 Å². The highest BCUT2D eigenvalue weighted by Gasteiger charge is 2.15. The van der Waals surface area contributed by atoms with Gasteiger partial charge >= 0.3 is 0 Å². The summed E-state index contributed by atoms with van der Waals surface area (Å²) in [6.07, 6.45) is 1.16. The van der Waals surface area contributed by atoms with Crippen LogP contribution < -0.4 is 10.1 Å². The molecule has 1 heterocycles. The Morgan fingerprint density at radius 1 is 1.32 bits per heavy atom. The van der Waals surface area contributed by atoms with Gasteiger partial charge < -0.3 is 14.5 Å². The summed E-state index contributed by atoms with van der Waals surface area (Å²) in [6.45, 7) is 8.48. The zero-order valence-electron chi connectivity index (χ0n) is 12.2. The third-order valence-corrected chi connectivity index (χ3v) is 3.64. The van der Waals surface area contributed by atoms with Gasteiger partial charge in [-0.25, -0.2) is 0 Å². The van der Waals surface area contributed by atoms with E-state index in [1.54, 1.807) is 7.11 Å². The van der Waals surface area contributed by atoms with E-state index in [1.807, 2.05) is 18.2 Å². The van der Waals surface area contributed by atoms with Crippen molar-refractivity contribution in [2.24, 2.45) is 5.41 Å². The Morgan fingerprint density at radius 2 is 2.11 bits per heavy atom. The van der Waals surface area contributed by atoms with Gasteiger partial charge in [-0.05, 0) is 24.0 Å². The minimum absolute atomic E-state index is 0.323. The highest BCUT2D eigenvalue weighted by atomic mass is 16.5. The molecule has 0 bridgehead atoms. The average molecular weight is 261 g/mol. The van der Waals surface area contributed by atoms with Crippen LogP contribution in [0.15, 0.2) is 28.7 Å². The van der Waals surface area contributed by atoms with E-state index in [-0.39, 0.29) is 0 Å². The fourth-order valence-corrected chi connectivity index (χ4v) is 1.99. The van der Waals surface area contributed by atoms with Crippen LogP contribution in [0.2, 0.25) is 0 Å². The largest absolute Gasteiger partial charge is 0.493 e. The van der Waals surface area contributed by atoms with Gasteiger partial charge in [0.05, 0.1) is 13.7 Å². The third-order valence-electron chi connectivity index (χ3n) is 3.64. The molecule has 19 heavy (non-hydrogen) atoms. The molecule has 1 aromatic heterocycles. The van der Waals surface area contributed by atoms with E-state index >= 15 is 0 Å². The van der Waals surface area contributed by atoms with Crippen LogP contribution in [0.3, 0.4) is 0 Å². The predicted molar refractivity (Wildman–Crippen MR) is 78.5 cm³/mol. The van der Waals surface area contributed by atoms with Crippen LogP contribution >= 0.6 is 0 Å². The number of benzene rings is 1. The Labute approximate surface area is 114 Å². The molecule has 0 radical (unpaired) electrons. The maximum Gasteiger partial charge on any atom is 0.176 e. The lowest BCUT2D eigenvalue weighted by Crippen LogP contribution is -2.28. The number of hydrogen-bond acceptors (Lipinski definition) is 3. The third kappa shape index (κ3) is 3.29. The van der Waals surface area contributed by atoms with Crippen LogP contribution in [0.1, 0.15) is 33.0 Å². The lowest BCUT2D eigenvalue weighted by Gasteiger charge is -2.22. The highest BCUT2D eigenvalue weighted by molar-refractivity contribution is 5.83. The van der Waals surface area contributed by atoms with Crippen molar-refractivity contribution in [1.82, 2.24) is 5.32 Å². The van der Waals surface area contributed by atoms with Gasteiger partial charge in [-0.3, -0.25) is 0 Å². The van der Waals surface area contributed by atoms with Crippen LogP contribution in [-0.4, -0.2) is 13.7 Å². The first kappa shape index (κ1) is 13.9. The van der Waals surface area contributed by atoms with Gasteiger partial charge in [0, 0.05) is 11.9 Å². The normalized spacial score (nSPS) is 12.0. The van der Waals surface area contributed by atoms with E-state index in [0.29, 0.717) is 5.41 Å². The molecule has 2 rings (SSSR count). The number of nitrogens with one attached hydrogen (secondary N) is 1. The molecule has 0 aliphatic heterocycles. The van der Waals surface area contributed by atoms with Crippen molar-refractivity contribution in [2.75, 3.05) is 13.7 Å². The molecule has 0 saturated carbocycles. The predicted octanol–water partition coefficient (Wildman–Crippen LogP) is 3.97. The smallest absolute Gasteiger partial charge is 0.176 e. The number of methoxy groups -OCH3 is 1. The first-order valence-electron chi connectivity index (χ1n) is 6.82. The Hall–Kier alpha value is -1.48. The first-order valence-corrected chi connectivity index (χ1v) is 6.82. The molecule has 0 aliphatic rings. The zero-order chi connectivity index (χ0) is 13.9. The molecule has 0 fully saturated rings. The summed E-state index contributed by atoms with van der Waals surface area (Å²) in [5, 5.41) is 4.55. The van der Waals surface area contributed by atoms with Crippen molar-refractivity contribution < 1.29 is 9.15 Å². The molecule has 2 aromatic rings. The van der Waals surface area contributed by atoms with Crippen molar-refractivity contribution in [1.29, 1.82) is 0 Å². The molecule has 3 heteroatoms. The maximum absolute atomic E-state index is 5.85. The second-order valence-electron chi connectivity index (χ2n) is 5.71. The summed E-state index contributed by atoms with van der Waals surface area (Å²) in [7, 11) is 1.67. The number of hydrogen-bond donors (Lipinski definition) is 1. The molecule has 1 aromatic carbocycles. The average Bonchev–Trinajstić information content (AvgIpc) is 2.81. The number of rotatable bonds is 6. The summed E-state index contributed by atoms with van der Waals surface area (Å²) in [4.78, 5) is 0. The van der Waals surface area contributed by atoms with E-state index in [9.17, 15) is 0 Å². The summed E-state index contributed by atoms with van der Waals surface area (Å²) in [5.41, 5.74) is 1.15. The highest BCUT2D eigenvalue weighted by Crippen LogP contribution is 2.28. The van der Waals surface area contributed by atoms with Crippen LogP contribution in [-0.2, 0) is 6.54 Å². The quantitative estimate of drug-likeness (QED) is 0.854. The van der Waals surface area contributed by atoms with Crippen LogP contribution in [0.25, 0.3) is 11.0 Å². The molecule has 0 saturated heterocycles. The molecular weight excluding hydrogens is 238 g/mol. The van der Waals surface area contributed by atoms with Crippen molar-refractivity contribution >= 4 is 11.0 Å². The van der Waals surface area contributed by atoms with Gasteiger partial charge in [-0.2, -0.15) is 0 Å². The molecule has 0 atom stereocenters. The molecule has 3 nitrogen and oxygen atoms in total. The number of para-hydroxylation sites is 1. The fourth-order valence-electron chi connectivity index (χ4n) is 1.99. The lowest BCUT2D eigenvalue weighted by atomic mass is 9.90. The molecule has 0 aliphatic carbocycles. The maximum atomic E-state index is 5.85. The lowest BCUT2D eigenvalue weighted by molar-refractivity contribution is 0.321. The van der Waals surface area contributed by atoms with E-state index in [0.717, 1.165) is 42.0 Å². The zero-order valence-corrected chi connectivity index (χ0v) is 12.2. The number of fused-ring (bicyclic) bond motifs is 1. The van der Waals surface area contributed by atoms with E-state index in [4.69, 9.17) is 9.15 Å². The first-order chi connectivity index (χ1) is 9.05. The second-order valence-corrected chi connectivity index (χ2v) is 5.71. The Bertz CT molecular complexity index is 543. The van der Waals surface area contributed by atoms with Gasteiger partial charge in [0.25, 0.3) is 0 Å². The summed E-state index contributed by atoms with van der Waals surface area (Å²) >= 11 is 0. The van der Waals surface area contributed by atoms with Gasteiger partial charge in [0.2, 0.25) is 0 Å².